The second-order valence-corrected chi connectivity index (χ2v) is 9.97. The first kappa shape index (κ1) is 19.2. The Kier molecular flexibility index (Phi) is 4.81. The lowest BCUT2D eigenvalue weighted by atomic mass is 9.94. The third-order valence-electron chi connectivity index (χ3n) is 5.10. The second-order valence-electron chi connectivity index (χ2n) is 8.06. The Morgan fingerprint density at radius 3 is 2.46 bits per heavy atom. The first-order valence-corrected chi connectivity index (χ1v) is 10.9. The Bertz CT molecular complexity index is 994. The van der Waals surface area contributed by atoms with Crippen molar-refractivity contribution in [3.8, 4) is 0 Å². The largest absolute Gasteiger partial charge is 0.389 e. The van der Waals surface area contributed by atoms with E-state index in [2.05, 4.69) is 19.9 Å². The zero-order chi connectivity index (χ0) is 19.9. The Labute approximate surface area is 165 Å². The zero-order valence-corrected chi connectivity index (χ0v) is 16.9. The molecule has 0 saturated carbocycles. The van der Waals surface area contributed by atoms with Crippen molar-refractivity contribution in [3.63, 3.8) is 0 Å². The molecule has 1 fully saturated rings. The molecule has 3 aliphatic rings. The molecule has 0 unspecified atom stereocenters. The summed E-state index contributed by atoms with van der Waals surface area (Å²) in [6.07, 6.45) is 3.11. The van der Waals surface area contributed by atoms with Crippen molar-refractivity contribution in [3.05, 3.63) is 41.4 Å². The summed E-state index contributed by atoms with van der Waals surface area (Å²) in [6, 6.07) is 8.32. The zero-order valence-electron chi connectivity index (χ0n) is 16.0. The van der Waals surface area contributed by atoms with E-state index in [4.69, 9.17) is 0 Å². The molecule has 0 spiro atoms. The topological polar surface area (TPSA) is 94.7 Å². The molecular weight excluding hydrogens is 376 g/mol. The van der Waals surface area contributed by atoms with Gasteiger partial charge >= 0.3 is 0 Å². The maximum absolute atomic E-state index is 12.9. The van der Waals surface area contributed by atoms with Gasteiger partial charge in [0.15, 0.2) is 5.84 Å². The number of piperidine rings is 1. The number of rotatable bonds is 5. The van der Waals surface area contributed by atoms with Gasteiger partial charge in [0.25, 0.3) is 0 Å². The summed E-state index contributed by atoms with van der Waals surface area (Å²) in [7, 11) is -3.67. The monoisotopic (exact) mass is 400 g/mol. The summed E-state index contributed by atoms with van der Waals surface area (Å²) in [5.41, 5.74) is -0.354. The highest BCUT2D eigenvalue weighted by Gasteiger charge is 2.37. The Morgan fingerprint density at radius 1 is 1.14 bits per heavy atom. The van der Waals surface area contributed by atoms with Gasteiger partial charge in [0.05, 0.1) is 16.7 Å². The van der Waals surface area contributed by atoms with Crippen molar-refractivity contribution in [2.45, 2.75) is 37.2 Å². The summed E-state index contributed by atoms with van der Waals surface area (Å²) >= 11 is 0. The van der Waals surface area contributed by atoms with Gasteiger partial charge in [-0.15, -0.1) is 0 Å². The number of benzene rings is 1. The lowest BCUT2D eigenvalue weighted by Crippen LogP contribution is -2.43. The van der Waals surface area contributed by atoms with E-state index in [-0.39, 0.29) is 15.7 Å². The van der Waals surface area contributed by atoms with Crippen LogP contribution in [0.3, 0.4) is 0 Å². The lowest BCUT2D eigenvalue weighted by Gasteiger charge is -2.34. The van der Waals surface area contributed by atoms with E-state index in [1.54, 1.807) is 30.3 Å². The molecule has 28 heavy (non-hydrogen) atoms. The number of hydrogen-bond donors (Lipinski definition) is 1. The standard InChI is InChI=1S/C20H24N4O3S/c1-20(2,25)13-24-10-8-14(9-11-24)18-22-17-16(12-21-19(17)23-18)28(26,27)15-6-4-3-5-7-15/h3-7,12,14,25H,8-11,13H2,1-2H3. The van der Waals surface area contributed by atoms with Gasteiger partial charge in [0.2, 0.25) is 9.84 Å². The molecule has 1 aromatic carbocycles. The van der Waals surface area contributed by atoms with E-state index in [1.807, 2.05) is 13.8 Å². The molecule has 1 saturated heterocycles. The number of likely N-dealkylation sites (tertiary alicyclic amines) is 1. The quantitative estimate of drug-likeness (QED) is 0.818. The van der Waals surface area contributed by atoms with Crippen molar-refractivity contribution in [1.29, 1.82) is 0 Å². The fourth-order valence-electron chi connectivity index (χ4n) is 3.79. The molecule has 1 N–H and O–H groups in total. The summed E-state index contributed by atoms with van der Waals surface area (Å²) < 4.78 is 25.9. The Morgan fingerprint density at radius 2 is 1.82 bits per heavy atom. The van der Waals surface area contributed by atoms with Crippen LogP contribution < -0.4 is 0 Å². The van der Waals surface area contributed by atoms with Gasteiger partial charge in [-0.1, -0.05) is 18.2 Å². The lowest BCUT2D eigenvalue weighted by molar-refractivity contribution is 0.0276. The van der Waals surface area contributed by atoms with Gasteiger partial charge in [-0.3, -0.25) is 0 Å². The van der Waals surface area contributed by atoms with Crippen LogP contribution in [0.2, 0.25) is 0 Å². The van der Waals surface area contributed by atoms with Gasteiger partial charge < -0.3 is 10.0 Å². The van der Waals surface area contributed by atoms with Crippen LogP contribution in [0.4, 0.5) is 0 Å². The molecule has 0 atom stereocenters. The van der Waals surface area contributed by atoms with Gasteiger partial charge in [-0.25, -0.2) is 23.4 Å². The molecule has 8 heteroatoms. The number of nitrogens with zero attached hydrogens (tertiary/aromatic N) is 4. The number of amidine groups is 2. The predicted octanol–water partition coefficient (Wildman–Crippen LogP) is 2.05. The van der Waals surface area contributed by atoms with Gasteiger partial charge in [0.1, 0.15) is 16.5 Å². The first-order valence-electron chi connectivity index (χ1n) is 9.45. The average molecular weight is 401 g/mol. The first-order chi connectivity index (χ1) is 13.2. The molecular formula is C20H24N4O3S. The minimum atomic E-state index is -3.67. The van der Waals surface area contributed by atoms with E-state index < -0.39 is 15.4 Å². The molecule has 0 bridgehead atoms. The maximum Gasteiger partial charge on any atom is 0.210 e. The van der Waals surface area contributed by atoms with Crippen LogP contribution in [0.5, 0.6) is 0 Å². The number of fused-ring (bicyclic) bond motifs is 1. The Balaban J connectivity index is 1.48. The summed E-state index contributed by atoms with van der Waals surface area (Å²) in [5, 5.41) is 9.99. The van der Waals surface area contributed by atoms with E-state index >= 15 is 0 Å². The predicted molar refractivity (Wildman–Crippen MR) is 109 cm³/mol. The van der Waals surface area contributed by atoms with Crippen molar-refractivity contribution in [2.75, 3.05) is 19.6 Å². The highest BCUT2D eigenvalue weighted by molar-refractivity contribution is 7.96. The van der Waals surface area contributed by atoms with Crippen LogP contribution in [-0.4, -0.2) is 61.0 Å². The van der Waals surface area contributed by atoms with Crippen LogP contribution in [0, 0.1) is 5.92 Å². The summed E-state index contributed by atoms with van der Waals surface area (Å²) in [5.74, 6) is 1.24. The SMILES string of the molecule is CC(C)(O)CN1CCC(C2=NC3=NC=C(S(=O)(=O)c4ccccc4)C3=N2)CC1. The van der Waals surface area contributed by atoms with Crippen molar-refractivity contribution in [1.82, 2.24) is 4.90 Å². The highest BCUT2D eigenvalue weighted by Crippen LogP contribution is 2.30. The van der Waals surface area contributed by atoms with E-state index in [1.165, 1.54) is 6.20 Å². The van der Waals surface area contributed by atoms with Crippen molar-refractivity contribution >= 4 is 27.2 Å². The minimum Gasteiger partial charge on any atom is -0.389 e. The fourth-order valence-corrected chi connectivity index (χ4v) is 5.14. The average Bonchev–Trinajstić information content (AvgIpc) is 3.22. The number of β-amino-alcohol motifs (C(OH)–C–C–N with tert-alkyl or cyclic N) is 1. The number of aliphatic hydroxyl groups is 1. The van der Waals surface area contributed by atoms with E-state index in [0.29, 0.717) is 23.9 Å². The van der Waals surface area contributed by atoms with E-state index in [0.717, 1.165) is 25.9 Å². The van der Waals surface area contributed by atoms with Crippen molar-refractivity contribution in [2.24, 2.45) is 20.9 Å². The number of aliphatic imine (C=N–C) groups is 3. The maximum atomic E-state index is 12.9. The molecule has 148 valence electrons. The smallest absolute Gasteiger partial charge is 0.210 e. The minimum absolute atomic E-state index is 0.118. The third-order valence-corrected chi connectivity index (χ3v) is 6.87. The summed E-state index contributed by atoms with van der Waals surface area (Å²) in [6.45, 7) is 5.97. The second kappa shape index (κ2) is 7.02. The molecule has 0 radical (unpaired) electrons. The molecule has 0 aromatic heterocycles. The molecule has 3 heterocycles. The molecule has 3 aliphatic heterocycles. The molecule has 7 nitrogen and oxygen atoms in total. The van der Waals surface area contributed by atoms with Gasteiger partial charge in [-0.05, 0) is 51.9 Å². The molecule has 0 amide bonds. The van der Waals surface area contributed by atoms with Crippen LogP contribution >= 0.6 is 0 Å². The third kappa shape index (κ3) is 3.72. The normalized spacial score (nSPS) is 21.1. The summed E-state index contributed by atoms with van der Waals surface area (Å²) in [4.78, 5) is 15.9. The molecule has 0 aliphatic carbocycles. The number of sulfone groups is 1. The number of hydrogen-bond acceptors (Lipinski definition) is 7. The van der Waals surface area contributed by atoms with E-state index in [9.17, 15) is 13.5 Å². The highest BCUT2D eigenvalue weighted by atomic mass is 32.2. The van der Waals surface area contributed by atoms with Crippen LogP contribution in [0.1, 0.15) is 26.7 Å². The van der Waals surface area contributed by atoms with Gasteiger partial charge in [-0.2, -0.15) is 0 Å². The molecule has 1 aromatic rings. The van der Waals surface area contributed by atoms with Crippen LogP contribution in [0.25, 0.3) is 0 Å². The molecule has 4 rings (SSSR count). The van der Waals surface area contributed by atoms with Crippen LogP contribution in [0.15, 0.2) is 61.3 Å². The van der Waals surface area contributed by atoms with Crippen LogP contribution in [-0.2, 0) is 9.84 Å². The van der Waals surface area contributed by atoms with Crippen molar-refractivity contribution < 1.29 is 13.5 Å². The van der Waals surface area contributed by atoms with Gasteiger partial charge in [0, 0.05) is 12.5 Å². The fraction of sp³-hybridized carbons (Fsp3) is 0.450. The Hall–Kier alpha value is -2.16.